The van der Waals surface area contributed by atoms with E-state index in [1.54, 1.807) is 7.11 Å². The molecule has 0 radical (unpaired) electrons. The van der Waals surface area contributed by atoms with Crippen molar-refractivity contribution in [3.63, 3.8) is 0 Å². The average molecular weight is 255 g/mol. The molecule has 0 saturated heterocycles. The molecule has 0 amide bonds. The lowest BCUT2D eigenvalue weighted by molar-refractivity contribution is 0.416. The fourth-order valence-corrected chi connectivity index (χ4v) is 2.33. The second-order valence-corrected chi connectivity index (χ2v) is 5.05. The van der Waals surface area contributed by atoms with Gasteiger partial charge in [0.2, 0.25) is 0 Å². The molecule has 0 aromatic heterocycles. The highest BCUT2D eigenvalue weighted by Crippen LogP contribution is 2.25. The number of ether oxygens (including phenoxy) is 1. The van der Waals surface area contributed by atoms with Gasteiger partial charge < -0.3 is 10.1 Å². The highest BCUT2D eigenvalue weighted by atomic mass is 16.5. The van der Waals surface area contributed by atoms with Crippen molar-refractivity contribution in [2.75, 3.05) is 12.4 Å². The Morgan fingerprint density at radius 3 is 2.21 bits per heavy atom. The molecule has 0 fully saturated rings. The molecule has 1 N–H and O–H groups in total. The first-order valence-electron chi connectivity index (χ1n) is 6.54. The van der Waals surface area contributed by atoms with Crippen molar-refractivity contribution >= 4 is 5.69 Å². The summed E-state index contributed by atoms with van der Waals surface area (Å²) in [6.07, 6.45) is 0. The van der Waals surface area contributed by atoms with Crippen LogP contribution in [0.2, 0.25) is 0 Å². The Bertz CT molecular complexity index is 555. The van der Waals surface area contributed by atoms with Crippen LogP contribution in [-0.2, 0) is 6.54 Å². The highest BCUT2D eigenvalue weighted by Gasteiger charge is 2.03. The zero-order chi connectivity index (χ0) is 13.8. The summed E-state index contributed by atoms with van der Waals surface area (Å²) >= 11 is 0. The Morgan fingerprint density at radius 2 is 1.58 bits per heavy atom. The molecule has 0 saturated carbocycles. The summed E-state index contributed by atoms with van der Waals surface area (Å²) in [7, 11) is 1.70. The fraction of sp³-hybridized carbons (Fsp3) is 0.294. The predicted octanol–water partition coefficient (Wildman–Crippen LogP) is 4.23. The van der Waals surface area contributed by atoms with E-state index in [0.717, 1.165) is 18.0 Å². The van der Waals surface area contributed by atoms with Gasteiger partial charge >= 0.3 is 0 Å². The van der Waals surface area contributed by atoms with E-state index in [1.165, 1.54) is 22.3 Å². The van der Waals surface area contributed by atoms with Crippen LogP contribution in [0.4, 0.5) is 5.69 Å². The number of rotatable bonds is 4. The summed E-state index contributed by atoms with van der Waals surface area (Å²) in [5.74, 6) is 0.884. The minimum absolute atomic E-state index is 0.808. The van der Waals surface area contributed by atoms with Crippen molar-refractivity contribution in [1.29, 1.82) is 0 Å². The molecule has 0 aliphatic rings. The third-order valence-corrected chi connectivity index (χ3v) is 3.12. The standard InChI is InChI=1S/C17H21NO/c1-12-5-6-17(19-4)16(10-12)18-11-15-8-13(2)7-14(3)9-15/h5-10,18H,11H2,1-4H3. The minimum atomic E-state index is 0.808. The van der Waals surface area contributed by atoms with Crippen molar-refractivity contribution in [2.24, 2.45) is 0 Å². The van der Waals surface area contributed by atoms with Crippen molar-refractivity contribution in [1.82, 2.24) is 0 Å². The van der Waals surface area contributed by atoms with Crippen LogP contribution in [0.25, 0.3) is 0 Å². The molecule has 0 unspecified atom stereocenters. The molecular weight excluding hydrogens is 234 g/mol. The first kappa shape index (κ1) is 13.5. The van der Waals surface area contributed by atoms with E-state index in [4.69, 9.17) is 4.74 Å². The molecule has 0 spiro atoms. The number of nitrogens with one attached hydrogen (secondary N) is 1. The first-order chi connectivity index (χ1) is 9.08. The van der Waals surface area contributed by atoms with Crippen molar-refractivity contribution in [2.45, 2.75) is 27.3 Å². The van der Waals surface area contributed by atoms with Gasteiger partial charge in [0.05, 0.1) is 12.8 Å². The average Bonchev–Trinajstić information content (AvgIpc) is 2.35. The molecule has 2 aromatic rings. The van der Waals surface area contributed by atoms with Gasteiger partial charge in [0.15, 0.2) is 0 Å². The van der Waals surface area contributed by atoms with E-state index in [1.807, 2.05) is 6.07 Å². The van der Waals surface area contributed by atoms with Crippen LogP contribution in [-0.4, -0.2) is 7.11 Å². The summed E-state index contributed by atoms with van der Waals surface area (Å²) in [5, 5.41) is 3.45. The van der Waals surface area contributed by atoms with Crippen LogP contribution in [0.3, 0.4) is 0 Å². The maximum Gasteiger partial charge on any atom is 0.141 e. The Hall–Kier alpha value is -1.96. The summed E-state index contributed by atoms with van der Waals surface area (Å²) in [6.45, 7) is 7.15. The van der Waals surface area contributed by atoms with E-state index in [9.17, 15) is 0 Å². The molecule has 2 heteroatoms. The number of hydrogen-bond acceptors (Lipinski definition) is 2. The molecule has 0 atom stereocenters. The van der Waals surface area contributed by atoms with Gasteiger partial charge in [-0.1, -0.05) is 35.4 Å². The quantitative estimate of drug-likeness (QED) is 0.882. The Kier molecular flexibility index (Phi) is 4.10. The monoisotopic (exact) mass is 255 g/mol. The topological polar surface area (TPSA) is 21.3 Å². The molecule has 0 aliphatic carbocycles. The molecule has 0 bridgehead atoms. The van der Waals surface area contributed by atoms with Crippen molar-refractivity contribution in [3.05, 3.63) is 58.7 Å². The normalized spacial score (nSPS) is 10.3. The lowest BCUT2D eigenvalue weighted by Crippen LogP contribution is -2.02. The summed E-state index contributed by atoms with van der Waals surface area (Å²) in [4.78, 5) is 0. The second kappa shape index (κ2) is 5.79. The molecule has 2 nitrogen and oxygen atoms in total. The smallest absolute Gasteiger partial charge is 0.141 e. The van der Waals surface area contributed by atoms with E-state index in [2.05, 4.69) is 56.4 Å². The van der Waals surface area contributed by atoms with Crippen molar-refractivity contribution in [3.8, 4) is 5.75 Å². The summed E-state index contributed by atoms with van der Waals surface area (Å²) in [5.41, 5.74) is 6.16. The lowest BCUT2D eigenvalue weighted by Gasteiger charge is -2.13. The SMILES string of the molecule is COc1ccc(C)cc1NCc1cc(C)cc(C)c1. The fourth-order valence-electron chi connectivity index (χ4n) is 2.33. The molecule has 2 rings (SSSR count). The van der Waals surface area contributed by atoms with E-state index in [-0.39, 0.29) is 0 Å². The van der Waals surface area contributed by atoms with Crippen LogP contribution in [0, 0.1) is 20.8 Å². The Balaban J connectivity index is 2.16. The predicted molar refractivity (Wildman–Crippen MR) is 81.0 cm³/mol. The first-order valence-corrected chi connectivity index (χ1v) is 6.54. The molecular formula is C17H21NO. The van der Waals surface area contributed by atoms with Crippen LogP contribution in [0.5, 0.6) is 5.75 Å². The van der Waals surface area contributed by atoms with E-state index >= 15 is 0 Å². The Labute approximate surface area is 115 Å². The number of aryl methyl sites for hydroxylation is 3. The maximum atomic E-state index is 5.37. The molecule has 2 aromatic carbocycles. The highest BCUT2D eigenvalue weighted by molar-refractivity contribution is 5.58. The van der Waals surface area contributed by atoms with E-state index in [0.29, 0.717) is 0 Å². The number of benzene rings is 2. The van der Waals surface area contributed by atoms with Gasteiger partial charge in [-0.3, -0.25) is 0 Å². The summed E-state index contributed by atoms with van der Waals surface area (Å²) < 4.78 is 5.37. The van der Waals surface area contributed by atoms with Gasteiger partial charge in [0.1, 0.15) is 5.75 Å². The number of anilines is 1. The minimum Gasteiger partial charge on any atom is -0.495 e. The van der Waals surface area contributed by atoms with Crippen LogP contribution >= 0.6 is 0 Å². The molecule has 19 heavy (non-hydrogen) atoms. The largest absolute Gasteiger partial charge is 0.495 e. The van der Waals surface area contributed by atoms with Crippen LogP contribution in [0.15, 0.2) is 36.4 Å². The van der Waals surface area contributed by atoms with Gasteiger partial charge in [-0.15, -0.1) is 0 Å². The zero-order valence-corrected chi connectivity index (χ0v) is 12.1. The van der Waals surface area contributed by atoms with Gasteiger partial charge in [-0.05, 0) is 44.0 Å². The van der Waals surface area contributed by atoms with Gasteiger partial charge in [0, 0.05) is 6.54 Å². The van der Waals surface area contributed by atoms with Crippen molar-refractivity contribution < 1.29 is 4.74 Å². The third-order valence-electron chi connectivity index (χ3n) is 3.12. The number of hydrogen-bond donors (Lipinski definition) is 1. The lowest BCUT2D eigenvalue weighted by atomic mass is 10.1. The second-order valence-electron chi connectivity index (χ2n) is 5.05. The van der Waals surface area contributed by atoms with Gasteiger partial charge in [0.25, 0.3) is 0 Å². The molecule has 0 aliphatic heterocycles. The van der Waals surface area contributed by atoms with Gasteiger partial charge in [-0.25, -0.2) is 0 Å². The molecule has 0 heterocycles. The van der Waals surface area contributed by atoms with Gasteiger partial charge in [-0.2, -0.15) is 0 Å². The zero-order valence-electron chi connectivity index (χ0n) is 12.1. The number of methoxy groups -OCH3 is 1. The van der Waals surface area contributed by atoms with E-state index < -0.39 is 0 Å². The summed E-state index contributed by atoms with van der Waals surface area (Å²) in [6, 6.07) is 12.8. The van der Waals surface area contributed by atoms with Crippen LogP contribution in [0.1, 0.15) is 22.3 Å². The third kappa shape index (κ3) is 3.50. The van der Waals surface area contributed by atoms with Crippen LogP contribution < -0.4 is 10.1 Å². The maximum absolute atomic E-state index is 5.37. The molecule has 100 valence electrons. The Morgan fingerprint density at radius 1 is 0.895 bits per heavy atom.